The van der Waals surface area contributed by atoms with E-state index in [9.17, 15) is 0 Å². The largest absolute Gasteiger partial charge is 0.381 e. The van der Waals surface area contributed by atoms with E-state index in [-0.39, 0.29) is 0 Å². The van der Waals surface area contributed by atoms with Crippen LogP contribution in [0.5, 0.6) is 0 Å². The number of thioether (sulfide) groups is 1. The Morgan fingerprint density at radius 3 is 2.86 bits per heavy atom. The summed E-state index contributed by atoms with van der Waals surface area (Å²) in [6.45, 7) is 2.49. The molecule has 2 rings (SSSR count). The smallest absolute Gasteiger partial charge is 0.0581 e. The summed E-state index contributed by atoms with van der Waals surface area (Å²) in [4.78, 5) is 0. The highest BCUT2D eigenvalue weighted by Gasteiger charge is 2.24. The molecule has 1 aliphatic heterocycles. The van der Waals surface area contributed by atoms with Crippen LogP contribution in [0.15, 0.2) is 0 Å². The first-order chi connectivity index (χ1) is 6.88. The molecule has 0 aromatic rings. The zero-order chi connectivity index (χ0) is 9.80. The Labute approximate surface area is 91.2 Å². The van der Waals surface area contributed by atoms with E-state index >= 15 is 0 Å². The fourth-order valence-electron chi connectivity index (χ4n) is 2.21. The van der Waals surface area contributed by atoms with Crippen molar-refractivity contribution in [2.45, 2.75) is 37.0 Å². The van der Waals surface area contributed by atoms with Gasteiger partial charge in [-0.2, -0.15) is 11.8 Å². The summed E-state index contributed by atoms with van der Waals surface area (Å²) in [6.07, 6.45) is 5.87. The molecule has 82 valence electrons. The number of ether oxygens (including phenoxy) is 1. The predicted molar refractivity (Wildman–Crippen MR) is 61.9 cm³/mol. The normalized spacial score (nSPS) is 34.1. The molecular weight excluding hydrogens is 194 g/mol. The average Bonchev–Trinajstić information content (AvgIpc) is 2.16. The first-order valence-corrected chi connectivity index (χ1v) is 6.78. The first-order valence-electron chi connectivity index (χ1n) is 5.73. The Hall–Kier alpha value is 0.270. The lowest BCUT2D eigenvalue weighted by molar-refractivity contribution is 0.0730. The minimum absolute atomic E-state index is 0.542. The number of hydrogen-bond donors (Lipinski definition) is 1. The molecule has 2 fully saturated rings. The van der Waals surface area contributed by atoms with Gasteiger partial charge in [0.25, 0.3) is 0 Å². The van der Waals surface area contributed by atoms with E-state index in [0.717, 1.165) is 11.2 Å². The zero-order valence-corrected chi connectivity index (χ0v) is 9.81. The maximum absolute atomic E-state index is 5.44. The van der Waals surface area contributed by atoms with Crippen LogP contribution >= 0.6 is 11.8 Å². The van der Waals surface area contributed by atoms with Crippen LogP contribution in [-0.4, -0.2) is 37.3 Å². The van der Waals surface area contributed by atoms with Crippen LogP contribution in [0.1, 0.15) is 25.7 Å². The van der Waals surface area contributed by atoms with Gasteiger partial charge in [-0.3, -0.25) is 0 Å². The van der Waals surface area contributed by atoms with Crippen molar-refractivity contribution < 1.29 is 4.74 Å². The third kappa shape index (κ3) is 2.88. The second-order valence-electron chi connectivity index (χ2n) is 4.50. The molecule has 14 heavy (non-hydrogen) atoms. The van der Waals surface area contributed by atoms with Crippen LogP contribution in [0.25, 0.3) is 0 Å². The van der Waals surface area contributed by atoms with E-state index in [1.807, 2.05) is 7.11 Å². The van der Waals surface area contributed by atoms with Gasteiger partial charge in [0.05, 0.1) is 6.10 Å². The van der Waals surface area contributed by atoms with Gasteiger partial charge in [0.2, 0.25) is 0 Å². The number of hydrogen-bond acceptors (Lipinski definition) is 3. The molecular formula is C11H21NOS. The Morgan fingerprint density at radius 2 is 2.21 bits per heavy atom. The highest BCUT2D eigenvalue weighted by molar-refractivity contribution is 7.99. The fraction of sp³-hybridized carbons (Fsp3) is 1.00. The molecule has 1 heterocycles. The molecule has 0 amide bonds. The Kier molecular flexibility index (Phi) is 4.14. The number of rotatable bonds is 4. The van der Waals surface area contributed by atoms with Crippen LogP contribution in [0.3, 0.4) is 0 Å². The van der Waals surface area contributed by atoms with Gasteiger partial charge in [-0.15, -0.1) is 0 Å². The summed E-state index contributed by atoms with van der Waals surface area (Å²) >= 11 is 2.18. The van der Waals surface area contributed by atoms with Gasteiger partial charge in [0.15, 0.2) is 0 Å². The molecule has 1 aliphatic carbocycles. The molecule has 2 nitrogen and oxygen atoms in total. The lowest BCUT2D eigenvalue weighted by Gasteiger charge is -2.31. The summed E-state index contributed by atoms with van der Waals surface area (Å²) < 4.78 is 5.44. The third-order valence-electron chi connectivity index (χ3n) is 3.34. The van der Waals surface area contributed by atoms with Crippen molar-refractivity contribution in [3.63, 3.8) is 0 Å². The standard InChI is InChI=1S/C11H21NOS/c1-13-10-3-2-4-11(5-10)14-8-9-6-12-7-9/h9-12H,2-8H2,1H3. The van der Waals surface area contributed by atoms with E-state index in [1.165, 1.54) is 44.5 Å². The first kappa shape index (κ1) is 10.8. The maximum Gasteiger partial charge on any atom is 0.0581 e. The van der Waals surface area contributed by atoms with E-state index in [1.54, 1.807) is 0 Å². The van der Waals surface area contributed by atoms with Crippen LogP contribution in [0, 0.1) is 5.92 Å². The minimum Gasteiger partial charge on any atom is -0.381 e. The van der Waals surface area contributed by atoms with Gasteiger partial charge in [0, 0.05) is 12.4 Å². The molecule has 0 aromatic heterocycles. The lowest BCUT2D eigenvalue weighted by Crippen LogP contribution is -2.43. The van der Waals surface area contributed by atoms with E-state index in [4.69, 9.17) is 4.74 Å². The van der Waals surface area contributed by atoms with Crippen molar-refractivity contribution >= 4 is 11.8 Å². The molecule has 0 aromatic carbocycles. The monoisotopic (exact) mass is 215 g/mol. The van der Waals surface area contributed by atoms with E-state index in [0.29, 0.717) is 6.10 Å². The zero-order valence-electron chi connectivity index (χ0n) is 9.00. The molecule has 3 heteroatoms. The molecule has 2 unspecified atom stereocenters. The molecule has 1 saturated carbocycles. The molecule has 0 radical (unpaired) electrons. The van der Waals surface area contributed by atoms with Crippen molar-refractivity contribution in [3.8, 4) is 0 Å². The third-order valence-corrected chi connectivity index (χ3v) is 4.91. The van der Waals surface area contributed by atoms with Gasteiger partial charge in [0.1, 0.15) is 0 Å². The summed E-state index contributed by atoms with van der Waals surface area (Å²) in [7, 11) is 1.85. The van der Waals surface area contributed by atoms with Crippen LogP contribution in [0.4, 0.5) is 0 Å². The Balaban J connectivity index is 1.63. The topological polar surface area (TPSA) is 21.3 Å². The fourth-order valence-corrected chi connectivity index (χ4v) is 3.67. The summed E-state index contributed by atoms with van der Waals surface area (Å²) in [6, 6.07) is 0. The average molecular weight is 215 g/mol. The molecule has 2 aliphatic rings. The van der Waals surface area contributed by atoms with Gasteiger partial charge < -0.3 is 10.1 Å². The minimum atomic E-state index is 0.542. The lowest BCUT2D eigenvalue weighted by atomic mass is 9.97. The molecule has 0 bridgehead atoms. The van der Waals surface area contributed by atoms with E-state index < -0.39 is 0 Å². The molecule has 2 atom stereocenters. The molecule has 1 N–H and O–H groups in total. The summed E-state index contributed by atoms with van der Waals surface area (Å²) in [5.41, 5.74) is 0. The van der Waals surface area contributed by atoms with Gasteiger partial charge in [-0.25, -0.2) is 0 Å². The summed E-state index contributed by atoms with van der Waals surface area (Å²) in [5, 5.41) is 4.20. The second kappa shape index (κ2) is 5.38. The van der Waals surface area contributed by atoms with Crippen LogP contribution < -0.4 is 5.32 Å². The second-order valence-corrected chi connectivity index (χ2v) is 5.84. The number of nitrogens with one attached hydrogen (secondary N) is 1. The van der Waals surface area contributed by atoms with Crippen molar-refractivity contribution in [2.24, 2.45) is 5.92 Å². The quantitative estimate of drug-likeness (QED) is 0.774. The van der Waals surface area contributed by atoms with Gasteiger partial charge in [-0.05, 0) is 50.4 Å². The van der Waals surface area contributed by atoms with E-state index in [2.05, 4.69) is 17.1 Å². The van der Waals surface area contributed by atoms with Crippen molar-refractivity contribution in [3.05, 3.63) is 0 Å². The Bertz CT molecular complexity index is 173. The summed E-state index contributed by atoms with van der Waals surface area (Å²) in [5.74, 6) is 2.30. The Morgan fingerprint density at radius 1 is 1.36 bits per heavy atom. The van der Waals surface area contributed by atoms with Crippen molar-refractivity contribution in [2.75, 3.05) is 26.0 Å². The number of methoxy groups -OCH3 is 1. The maximum atomic E-state index is 5.44. The molecule has 1 saturated heterocycles. The van der Waals surface area contributed by atoms with Gasteiger partial charge in [-0.1, -0.05) is 0 Å². The van der Waals surface area contributed by atoms with Crippen LogP contribution in [-0.2, 0) is 4.74 Å². The predicted octanol–water partition coefficient (Wildman–Crippen LogP) is 1.90. The highest BCUT2D eigenvalue weighted by Crippen LogP contribution is 2.31. The van der Waals surface area contributed by atoms with Crippen molar-refractivity contribution in [1.82, 2.24) is 5.32 Å². The molecule has 0 spiro atoms. The highest BCUT2D eigenvalue weighted by atomic mass is 32.2. The SMILES string of the molecule is COC1CCCC(SCC2CNC2)C1. The van der Waals surface area contributed by atoms with Crippen molar-refractivity contribution in [1.29, 1.82) is 0 Å². The van der Waals surface area contributed by atoms with Gasteiger partial charge >= 0.3 is 0 Å². The van der Waals surface area contributed by atoms with Crippen LogP contribution in [0.2, 0.25) is 0 Å².